The van der Waals surface area contributed by atoms with E-state index in [-0.39, 0.29) is 29.8 Å². The molecule has 0 saturated heterocycles. The lowest BCUT2D eigenvalue weighted by Crippen LogP contribution is -2.31. The lowest BCUT2D eigenvalue weighted by Gasteiger charge is -2.21. The number of halogens is 2. The van der Waals surface area contributed by atoms with Crippen molar-refractivity contribution in [1.29, 1.82) is 5.26 Å². The molecule has 7 heteroatoms. The number of anilines is 2. The SMILES string of the molecule is CC(=O)N(CCC(=O)Nc1cccc(Cl)c1Cl)c1ccc(C#N)cc1. The molecule has 0 saturated carbocycles. The fraction of sp³-hybridized carbons (Fsp3) is 0.167. The highest BCUT2D eigenvalue weighted by Gasteiger charge is 2.14. The summed E-state index contributed by atoms with van der Waals surface area (Å²) in [5.74, 6) is -0.484. The number of nitriles is 1. The summed E-state index contributed by atoms with van der Waals surface area (Å²) in [6.45, 7) is 1.62. The lowest BCUT2D eigenvalue weighted by molar-refractivity contribution is -0.117. The van der Waals surface area contributed by atoms with Crippen LogP contribution in [0.2, 0.25) is 10.0 Å². The Bertz CT molecular complexity index is 829. The van der Waals surface area contributed by atoms with E-state index in [4.69, 9.17) is 28.5 Å². The highest BCUT2D eigenvalue weighted by Crippen LogP contribution is 2.29. The van der Waals surface area contributed by atoms with E-state index >= 15 is 0 Å². The summed E-state index contributed by atoms with van der Waals surface area (Å²) in [4.78, 5) is 25.5. The fourth-order valence-electron chi connectivity index (χ4n) is 2.21. The second-order valence-corrected chi connectivity index (χ2v) is 6.01. The molecule has 0 heterocycles. The van der Waals surface area contributed by atoms with Crippen molar-refractivity contribution < 1.29 is 9.59 Å². The van der Waals surface area contributed by atoms with Gasteiger partial charge in [0.15, 0.2) is 0 Å². The number of hydrogen-bond donors (Lipinski definition) is 1. The molecule has 2 aromatic carbocycles. The molecule has 0 aliphatic carbocycles. The van der Waals surface area contributed by atoms with Gasteiger partial charge < -0.3 is 10.2 Å². The molecule has 2 rings (SSSR count). The van der Waals surface area contributed by atoms with Gasteiger partial charge in [-0.15, -0.1) is 0 Å². The van der Waals surface area contributed by atoms with Crippen LogP contribution in [-0.4, -0.2) is 18.4 Å². The minimum atomic E-state index is -0.288. The Labute approximate surface area is 155 Å². The smallest absolute Gasteiger partial charge is 0.226 e. The molecule has 128 valence electrons. The first kappa shape index (κ1) is 18.8. The highest BCUT2D eigenvalue weighted by atomic mass is 35.5. The van der Waals surface area contributed by atoms with Crippen molar-refractivity contribution in [3.05, 3.63) is 58.1 Å². The lowest BCUT2D eigenvalue weighted by atomic mass is 10.2. The summed E-state index contributed by atoms with van der Waals surface area (Å²) in [6.07, 6.45) is 0.0857. The van der Waals surface area contributed by atoms with Crippen LogP contribution in [0, 0.1) is 11.3 Å². The first-order valence-electron chi connectivity index (χ1n) is 7.44. The summed E-state index contributed by atoms with van der Waals surface area (Å²) in [5, 5.41) is 12.1. The van der Waals surface area contributed by atoms with Crippen LogP contribution in [0.25, 0.3) is 0 Å². The molecule has 0 atom stereocenters. The molecule has 1 N–H and O–H groups in total. The Morgan fingerprint density at radius 2 is 1.84 bits per heavy atom. The van der Waals surface area contributed by atoms with Gasteiger partial charge in [-0.3, -0.25) is 9.59 Å². The number of benzene rings is 2. The number of hydrogen-bond acceptors (Lipinski definition) is 3. The Hall–Kier alpha value is -2.55. The molecule has 5 nitrogen and oxygen atoms in total. The van der Waals surface area contributed by atoms with Crippen molar-refractivity contribution in [2.75, 3.05) is 16.8 Å². The molecule has 2 amide bonds. The molecule has 0 radical (unpaired) electrons. The van der Waals surface area contributed by atoms with Crippen molar-refractivity contribution in [3.8, 4) is 6.07 Å². The summed E-state index contributed by atoms with van der Waals surface area (Å²) in [5.41, 5.74) is 1.55. The maximum absolute atomic E-state index is 12.1. The van der Waals surface area contributed by atoms with E-state index in [1.807, 2.05) is 6.07 Å². The highest BCUT2D eigenvalue weighted by molar-refractivity contribution is 6.43. The molecule has 0 bridgehead atoms. The Kier molecular flexibility index (Phi) is 6.40. The van der Waals surface area contributed by atoms with Crippen molar-refractivity contribution in [3.63, 3.8) is 0 Å². The van der Waals surface area contributed by atoms with E-state index in [1.165, 1.54) is 11.8 Å². The minimum Gasteiger partial charge on any atom is -0.325 e. The summed E-state index contributed by atoms with van der Waals surface area (Å²) in [6, 6.07) is 13.6. The average molecular weight is 376 g/mol. The van der Waals surface area contributed by atoms with Crippen LogP contribution >= 0.6 is 23.2 Å². The van der Waals surface area contributed by atoms with Gasteiger partial charge in [-0.1, -0.05) is 29.3 Å². The number of nitrogens with one attached hydrogen (secondary N) is 1. The van der Waals surface area contributed by atoms with Gasteiger partial charge in [0.1, 0.15) is 0 Å². The molecule has 0 unspecified atom stereocenters. The van der Waals surface area contributed by atoms with E-state index in [0.29, 0.717) is 22.0 Å². The molecule has 0 aliphatic rings. The Morgan fingerprint density at radius 3 is 2.44 bits per heavy atom. The van der Waals surface area contributed by atoms with Gasteiger partial charge in [-0.2, -0.15) is 5.26 Å². The van der Waals surface area contributed by atoms with Crippen molar-refractivity contribution in [2.45, 2.75) is 13.3 Å². The van der Waals surface area contributed by atoms with Gasteiger partial charge in [0.2, 0.25) is 11.8 Å². The number of carbonyl (C=O) groups is 2. The largest absolute Gasteiger partial charge is 0.325 e. The van der Waals surface area contributed by atoms with Crippen molar-refractivity contribution >= 4 is 46.4 Å². The number of rotatable bonds is 5. The third kappa shape index (κ3) is 4.96. The molecule has 0 aliphatic heterocycles. The standard InChI is InChI=1S/C18H15Cl2N3O2/c1-12(24)23(14-7-5-13(11-21)6-8-14)10-9-17(25)22-16-4-2-3-15(19)18(16)20/h2-8H,9-10H2,1H3,(H,22,25). The van der Waals surface area contributed by atoms with Gasteiger partial charge in [0.05, 0.1) is 27.4 Å². The van der Waals surface area contributed by atoms with Crippen LogP contribution in [0.4, 0.5) is 11.4 Å². The van der Waals surface area contributed by atoms with Gasteiger partial charge in [0, 0.05) is 25.6 Å². The van der Waals surface area contributed by atoms with E-state index in [9.17, 15) is 9.59 Å². The van der Waals surface area contributed by atoms with E-state index < -0.39 is 0 Å². The third-order valence-corrected chi connectivity index (χ3v) is 4.30. The molecule has 0 spiro atoms. The topological polar surface area (TPSA) is 73.2 Å². The normalized spacial score (nSPS) is 10.0. The van der Waals surface area contributed by atoms with E-state index in [1.54, 1.807) is 42.5 Å². The van der Waals surface area contributed by atoms with E-state index in [0.717, 1.165) is 0 Å². The molecule has 25 heavy (non-hydrogen) atoms. The summed E-state index contributed by atoms with van der Waals surface area (Å²) in [7, 11) is 0. The zero-order chi connectivity index (χ0) is 18.4. The molecular formula is C18H15Cl2N3O2. The molecule has 0 fully saturated rings. The van der Waals surface area contributed by atoms with Crippen LogP contribution in [-0.2, 0) is 9.59 Å². The molecular weight excluding hydrogens is 361 g/mol. The first-order chi connectivity index (χ1) is 11.9. The quantitative estimate of drug-likeness (QED) is 0.848. The van der Waals surface area contributed by atoms with Crippen LogP contribution in [0.15, 0.2) is 42.5 Å². The fourth-order valence-corrected chi connectivity index (χ4v) is 2.56. The van der Waals surface area contributed by atoms with Crippen LogP contribution < -0.4 is 10.2 Å². The monoisotopic (exact) mass is 375 g/mol. The maximum Gasteiger partial charge on any atom is 0.226 e. The second-order valence-electron chi connectivity index (χ2n) is 5.23. The van der Waals surface area contributed by atoms with E-state index in [2.05, 4.69) is 5.32 Å². The predicted molar refractivity (Wildman–Crippen MR) is 98.9 cm³/mol. The molecule has 0 aromatic heterocycles. The summed E-state index contributed by atoms with van der Waals surface area (Å²) >= 11 is 11.9. The first-order valence-corrected chi connectivity index (χ1v) is 8.20. The number of amides is 2. The second kappa shape index (κ2) is 8.52. The number of carbonyl (C=O) groups excluding carboxylic acids is 2. The summed E-state index contributed by atoms with van der Waals surface area (Å²) < 4.78 is 0. The van der Waals surface area contributed by atoms with Gasteiger partial charge >= 0.3 is 0 Å². The Morgan fingerprint density at radius 1 is 1.16 bits per heavy atom. The van der Waals surface area contributed by atoms with Crippen LogP contribution in [0.3, 0.4) is 0 Å². The van der Waals surface area contributed by atoms with Gasteiger partial charge in [0.25, 0.3) is 0 Å². The van der Waals surface area contributed by atoms with Crippen molar-refractivity contribution in [2.24, 2.45) is 0 Å². The number of nitrogens with zero attached hydrogens (tertiary/aromatic N) is 2. The Balaban J connectivity index is 2.03. The van der Waals surface area contributed by atoms with Gasteiger partial charge in [-0.05, 0) is 36.4 Å². The van der Waals surface area contributed by atoms with Gasteiger partial charge in [-0.25, -0.2) is 0 Å². The average Bonchev–Trinajstić information content (AvgIpc) is 2.59. The third-order valence-electron chi connectivity index (χ3n) is 3.48. The maximum atomic E-state index is 12.1. The van der Waals surface area contributed by atoms with Crippen LogP contribution in [0.5, 0.6) is 0 Å². The predicted octanol–water partition coefficient (Wildman–Crippen LogP) is 4.25. The zero-order valence-electron chi connectivity index (χ0n) is 13.4. The van der Waals surface area contributed by atoms with Crippen LogP contribution in [0.1, 0.15) is 18.9 Å². The van der Waals surface area contributed by atoms with Crippen molar-refractivity contribution in [1.82, 2.24) is 0 Å². The zero-order valence-corrected chi connectivity index (χ0v) is 14.9. The minimum absolute atomic E-state index is 0.0857. The molecule has 2 aromatic rings.